The SMILES string of the molecule is Cc1ccc(-n2nc(C)cc2NC(=O)CN(C)Cc2nc3ccccc3c(=O)[nH]2)cc1. The zero-order valence-corrected chi connectivity index (χ0v) is 17.7. The van der Waals surface area contributed by atoms with Crippen LogP contribution in [0.2, 0.25) is 0 Å². The maximum atomic E-state index is 12.7. The highest BCUT2D eigenvalue weighted by molar-refractivity contribution is 5.91. The van der Waals surface area contributed by atoms with E-state index in [0.717, 1.165) is 16.9 Å². The molecule has 1 amide bonds. The molecule has 4 aromatic rings. The number of aromatic nitrogens is 4. The molecule has 0 bridgehead atoms. The molecule has 2 aromatic heterocycles. The van der Waals surface area contributed by atoms with Crippen molar-refractivity contribution < 1.29 is 4.79 Å². The van der Waals surface area contributed by atoms with Crippen LogP contribution in [0, 0.1) is 13.8 Å². The van der Waals surface area contributed by atoms with Crippen LogP contribution in [0.5, 0.6) is 0 Å². The summed E-state index contributed by atoms with van der Waals surface area (Å²) in [6, 6.07) is 17.0. The molecule has 2 aromatic carbocycles. The van der Waals surface area contributed by atoms with E-state index in [2.05, 4.69) is 20.4 Å². The quantitative estimate of drug-likeness (QED) is 0.504. The van der Waals surface area contributed by atoms with Gasteiger partial charge in [-0.3, -0.25) is 14.5 Å². The van der Waals surface area contributed by atoms with Gasteiger partial charge in [0.15, 0.2) is 0 Å². The Labute approximate surface area is 179 Å². The van der Waals surface area contributed by atoms with E-state index >= 15 is 0 Å². The van der Waals surface area contributed by atoms with Gasteiger partial charge in [0.05, 0.1) is 35.4 Å². The molecule has 8 nitrogen and oxygen atoms in total. The van der Waals surface area contributed by atoms with Gasteiger partial charge in [-0.2, -0.15) is 5.10 Å². The van der Waals surface area contributed by atoms with Crippen LogP contribution in [-0.4, -0.2) is 44.1 Å². The van der Waals surface area contributed by atoms with Crippen molar-refractivity contribution in [2.75, 3.05) is 18.9 Å². The molecule has 0 fully saturated rings. The predicted octanol–water partition coefficient (Wildman–Crippen LogP) is 2.80. The summed E-state index contributed by atoms with van der Waals surface area (Å²) in [5.74, 6) is 0.940. The van der Waals surface area contributed by atoms with Gasteiger partial charge in [0.1, 0.15) is 11.6 Å². The average molecular weight is 416 g/mol. The molecule has 0 spiro atoms. The van der Waals surface area contributed by atoms with E-state index < -0.39 is 0 Å². The number of amides is 1. The van der Waals surface area contributed by atoms with Crippen molar-refractivity contribution in [1.82, 2.24) is 24.6 Å². The minimum Gasteiger partial charge on any atom is -0.309 e. The minimum atomic E-state index is -0.184. The van der Waals surface area contributed by atoms with Crippen LogP contribution in [0.15, 0.2) is 59.4 Å². The van der Waals surface area contributed by atoms with E-state index in [1.807, 2.05) is 50.2 Å². The fourth-order valence-corrected chi connectivity index (χ4v) is 3.42. The number of para-hydroxylation sites is 1. The number of carbonyl (C=O) groups excluding carboxylic acids is 1. The van der Waals surface area contributed by atoms with Gasteiger partial charge < -0.3 is 10.3 Å². The summed E-state index contributed by atoms with van der Waals surface area (Å²) in [6.45, 7) is 4.38. The summed E-state index contributed by atoms with van der Waals surface area (Å²) in [4.78, 5) is 34.0. The average Bonchev–Trinajstić information content (AvgIpc) is 3.08. The minimum absolute atomic E-state index is 0.134. The second-order valence-electron chi connectivity index (χ2n) is 7.67. The lowest BCUT2D eigenvalue weighted by Crippen LogP contribution is -2.31. The molecule has 31 heavy (non-hydrogen) atoms. The topological polar surface area (TPSA) is 95.9 Å². The molecule has 0 aliphatic rings. The lowest BCUT2D eigenvalue weighted by atomic mass is 10.2. The number of H-pyrrole nitrogens is 1. The number of carbonyl (C=O) groups is 1. The Hall–Kier alpha value is -3.78. The van der Waals surface area contributed by atoms with Crippen LogP contribution in [0.25, 0.3) is 16.6 Å². The first-order valence-corrected chi connectivity index (χ1v) is 9.99. The van der Waals surface area contributed by atoms with Gasteiger partial charge in [-0.05, 0) is 45.2 Å². The zero-order valence-electron chi connectivity index (χ0n) is 17.7. The van der Waals surface area contributed by atoms with Crippen molar-refractivity contribution >= 4 is 22.6 Å². The molecule has 0 saturated heterocycles. The van der Waals surface area contributed by atoms with Crippen LogP contribution in [-0.2, 0) is 11.3 Å². The van der Waals surface area contributed by atoms with Crippen LogP contribution in [0.3, 0.4) is 0 Å². The van der Waals surface area contributed by atoms with Crippen LogP contribution in [0.4, 0.5) is 5.82 Å². The standard InChI is InChI=1S/C23H24N6O2/c1-15-8-10-17(11-9-15)29-21(12-16(2)27-29)26-22(30)14-28(3)13-20-24-19-7-5-4-6-18(19)23(31)25-20/h4-12H,13-14H2,1-3H3,(H,26,30)(H,24,25,31). The molecule has 0 unspecified atom stereocenters. The number of benzene rings is 2. The molecular formula is C23H24N6O2. The summed E-state index contributed by atoms with van der Waals surface area (Å²) in [7, 11) is 1.80. The summed E-state index contributed by atoms with van der Waals surface area (Å²) in [5, 5.41) is 7.97. The van der Waals surface area contributed by atoms with Crippen molar-refractivity contribution in [2.24, 2.45) is 0 Å². The molecule has 2 heterocycles. The van der Waals surface area contributed by atoms with Gasteiger partial charge >= 0.3 is 0 Å². The summed E-state index contributed by atoms with van der Waals surface area (Å²) in [6.07, 6.45) is 0. The Morgan fingerprint density at radius 1 is 1.13 bits per heavy atom. The van der Waals surface area contributed by atoms with Crippen LogP contribution >= 0.6 is 0 Å². The van der Waals surface area contributed by atoms with Crippen molar-refractivity contribution in [3.05, 3.63) is 82.0 Å². The number of rotatable bonds is 6. The van der Waals surface area contributed by atoms with E-state index in [1.165, 1.54) is 0 Å². The lowest BCUT2D eigenvalue weighted by Gasteiger charge is -2.16. The van der Waals surface area contributed by atoms with E-state index in [-0.39, 0.29) is 18.0 Å². The molecule has 0 aliphatic carbocycles. The molecule has 2 N–H and O–H groups in total. The monoisotopic (exact) mass is 416 g/mol. The number of aryl methyl sites for hydroxylation is 2. The summed E-state index contributed by atoms with van der Waals surface area (Å²) < 4.78 is 1.72. The van der Waals surface area contributed by atoms with Crippen molar-refractivity contribution in [1.29, 1.82) is 0 Å². The Morgan fingerprint density at radius 2 is 1.87 bits per heavy atom. The number of likely N-dealkylation sites (N-methyl/N-ethyl adjacent to an activating group) is 1. The first kappa shape index (κ1) is 20.5. The number of fused-ring (bicyclic) bond motifs is 1. The number of nitrogens with one attached hydrogen (secondary N) is 2. The fourth-order valence-electron chi connectivity index (χ4n) is 3.42. The molecule has 0 radical (unpaired) electrons. The number of hydrogen-bond donors (Lipinski definition) is 2. The van der Waals surface area contributed by atoms with Gasteiger partial charge in [-0.1, -0.05) is 29.8 Å². The predicted molar refractivity (Wildman–Crippen MR) is 120 cm³/mol. The lowest BCUT2D eigenvalue weighted by molar-refractivity contribution is -0.117. The van der Waals surface area contributed by atoms with Crippen molar-refractivity contribution in [3.63, 3.8) is 0 Å². The third-order valence-corrected chi connectivity index (χ3v) is 4.87. The molecule has 0 aliphatic heterocycles. The Kier molecular flexibility index (Phi) is 5.64. The Bertz CT molecular complexity index is 1290. The second-order valence-corrected chi connectivity index (χ2v) is 7.67. The van der Waals surface area contributed by atoms with Gasteiger partial charge in [0.25, 0.3) is 5.56 Å². The fraction of sp³-hybridized carbons (Fsp3) is 0.217. The summed E-state index contributed by atoms with van der Waals surface area (Å²) >= 11 is 0. The van der Waals surface area contributed by atoms with Gasteiger partial charge in [0.2, 0.25) is 5.91 Å². The van der Waals surface area contributed by atoms with Crippen molar-refractivity contribution in [2.45, 2.75) is 20.4 Å². The van der Waals surface area contributed by atoms with Gasteiger partial charge in [-0.15, -0.1) is 0 Å². The number of anilines is 1. The smallest absolute Gasteiger partial charge is 0.258 e. The molecule has 0 saturated carbocycles. The first-order chi connectivity index (χ1) is 14.9. The Balaban J connectivity index is 1.45. The largest absolute Gasteiger partial charge is 0.309 e. The molecular weight excluding hydrogens is 392 g/mol. The highest BCUT2D eigenvalue weighted by atomic mass is 16.2. The normalized spacial score (nSPS) is 11.2. The van der Waals surface area contributed by atoms with E-state index in [1.54, 1.807) is 34.8 Å². The van der Waals surface area contributed by atoms with Gasteiger partial charge in [-0.25, -0.2) is 9.67 Å². The maximum Gasteiger partial charge on any atom is 0.258 e. The number of nitrogens with zero attached hydrogens (tertiary/aromatic N) is 4. The van der Waals surface area contributed by atoms with E-state index in [0.29, 0.717) is 29.1 Å². The third-order valence-electron chi connectivity index (χ3n) is 4.87. The molecule has 0 atom stereocenters. The maximum absolute atomic E-state index is 12.7. The number of aromatic amines is 1. The molecule has 4 rings (SSSR count). The summed E-state index contributed by atoms with van der Waals surface area (Å²) in [5.41, 5.74) is 3.29. The Morgan fingerprint density at radius 3 is 2.65 bits per heavy atom. The highest BCUT2D eigenvalue weighted by Gasteiger charge is 2.14. The van der Waals surface area contributed by atoms with Crippen LogP contribution < -0.4 is 10.9 Å². The first-order valence-electron chi connectivity index (χ1n) is 9.99. The highest BCUT2D eigenvalue weighted by Crippen LogP contribution is 2.17. The molecule has 8 heteroatoms. The van der Waals surface area contributed by atoms with Crippen LogP contribution in [0.1, 0.15) is 17.1 Å². The van der Waals surface area contributed by atoms with Crippen molar-refractivity contribution in [3.8, 4) is 5.69 Å². The number of hydrogen-bond acceptors (Lipinski definition) is 5. The van der Waals surface area contributed by atoms with E-state index in [9.17, 15) is 9.59 Å². The second kappa shape index (κ2) is 8.53. The molecule has 158 valence electrons. The van der Waals surface area contributed by atoms with E-state index in [4.69, 9.17) is 0 Å². The van der Waals surface area contributed by atoms with Gasteiger partial charge in [0, 0.05) is 6.07 Å². The zero-order chi connectivity index (χ0) is 22.0. The third kappa shape index (κ3) is 4.70.